The van der Waals surface area contributed by atoms with Crippen molar-refractivity contribution >= 4 is 56.2 Å². The Morgan fingerprint density at radius 3 is 2.47 bits per heavy atom. The lowest BCUT2D eigenvalue weighted by Crippen LogP contribution is -2.38. The van der Waals surface area contributed by atoms with Crippen molar-refractivity contribution in [2.24, 2.45) is 5.73 Å². The predicted octanol–water partition coefficient (Wildman–Crippen LogP) is 3.66. The number of primary amides is 1. The highest BCUT2D eigenvalue weighted by Crippen LogP contribution is 2.37. The average molecular weight is 472 g/mol. The third kappa shape index (κ3) is 4.31. The second kappa shape index (κ2) is 8.77. The van der Waals surface area contributed by atoms with Crippen molar-refractivity contribution in [3.05, 3.63) is 73.5 Å². The Morgan fingerprint density at radius 2 is 1.81 bits per heavy atom. The molecular formula is C20H17N5O5S2. The molecule has 0 fully saturated rings. The van der Waals surface area contributed by atoms with Crippen molar-refractivity contribution in [1.82, 2.24) is 4.90 Å². The minimum absolute atomic E-state index is 0.141. The maximum atomic E-state index is 12.6. The van der Waals surface area contributed by atoms with Crippen LogP contribution in [0.3, 0.4) is 0 Å². The molecule has 10 nitrogen and oxygen atoms in total. The molecule has 4 amide bonds. The summed E-state index contributed by atoms with van der Waals surface area (Å²) in [4.78, 5) is 50.1. The first-order chi connectivity index (χ1) is 15.3. The van der Waals surface area contributed by atoms with Gasteiger partial charge in [0.25, 0.3) is 11.8 Å². The number of benzene rings is 1. The van der Waals surface area contributed by atoms with E-state index >= 15 is 0 Å². The number of amides is 4. The predicted molar refractivity (Wildman–Crippen MR) is 121 cm³/mol. The summed E-state index contributed by atoms with van der Waals surface area (Å²) in [6.07, 6.45) is 0.409. The molecule has 1 aliphatic rings. The maximum absolute atomic E-state index is 12.6. The molecule has 2 aromatic heterocycles. The molecule has 0 saturated heterocycles. The summed E-state index contributed by atoms with van der Waals surface area (Å²) in [7, 11) is 0. The smallest absolute Gasteiger partial charge is 0.324 e. The van der Waals surface area contributed by atoms with Crippen LogP contribution in [0.5, 0.6) is 0 Å². The Labute approximate surface area is 189 Å². The van der Waals surface area contributed by atoms with E-state index in [0.717, 1.165) is 16.2 Å². The van der Waals surface area contributed by atoms with Gasteiger partial charge in [-0.15, -0.1) is 11.3 Å². The summed E-state index contributed by atoms with van der Waals surface area (Å²) in [5, 5.41) is 16.5. The van der Waals surface area contributed by atoms with Gasteiger partial charge in [-0.25, -0.2) is 4.79 Å². The molecule has 0 bridgehead atoms. The standard InChI is InChI=1S/C20H17N5O5S2/c21-17(26)16-12-8-9-24(20(28)22-11-4-2-1-3-5-11)10-14(12)32-19(16)23-18(27)13-6-7-15(31-13)25(29)30/h1-7H,8-10H2,(H2,21,26)(H,22,28)(H,23,27). The fraction of sp³-hybridized carbons (Fsp3) is 0.150. The molecule has 0 unspecified atom stereocenters. The van der Waals surface area contributed by atoms with Gasteiger partial charge in [0.15, 0.2) is 0 Å². The molecule has 0 saturated carbocycles. The van der Waals surface area contributed by atoms with Gasteiger partial charge in [-0.1, -0.05) is 29.5 Å². The van der Waals surface area contributed by atoms with Gasteiger partial charge in [0.05, 0.1) is 21.9 Å². The molecular weight excluding hydrogens is 454 g/mol. The zero-order valence-corrected chi connectivity index (χ0v) is 18.1. The number of urea groups is 1. The van der Waals surface area contributed by atoms with E-state index in [4.69, 9.17) is 5.73 Å². The van der Waals surface area contributed by atoms with Crippen molar-refractivity contribution in [3.63, 3.8) is 0 Å². The van der Waals surface area contributed by atoms with E-state index in [2.05, 4.69) is 10.6 Å². The summed E-state index contributed by atoms with van der Waals surface area (Å²) in [5.41, 5.74) is 7.17. The van der Waals surface area contributed by atoms with Crippen molar-refractivity contribution < 1.29 is 19.3 Å². The fourth-order valence-electron chi connectivity index (χ4n) is 3.36. The van der Waals surface area contributed by atoms with E-state index in [9.17, 15) is 24.5 Å². The highest BCUT2D eigenvalue weighted by Gasteiger charge is 2.30. The van der Waals surface area contributed by atoms with Crippen LogP contribution >= 0.6 is 22.7 Å². The van der Waals surface area contributed by atoms with Crippen LogP contribution in [0.1, 0.15) is 30.5 Å². The molecule has 3 aromatic rings. The summed E-state index contributed by atoms with van der Waals surface area (Å²) in [5.74, 6) is -1.25. The molecule has 12 heteroatoms. The van der Waals surface area contributed by atoms with E-state index in [-0.39, 0.29) is 33.0 Å². The van der Waals surface area contributed by atoms with Gasteiger partial charge < -0.3 is 21.3 Å². The van der Waals surface area contributed by atoms with Crippen LogP contribution < -0.4 is 16.4 Å². The molecule has 0 radical (unpaired) electrons. The minimum Gasteiger partial charge on any atom is -0.365 e. The number of anilines is 2. The Morgan fingerprint density at radius 1 is 1.06 bits per heavy atom. The molecule has 0 aliphatic carbocycles. The fourth-order valence-corrected chi connectivity index (χ4v) is 5.34. The lowest BCUT2D eigenvalue weighted by atomic mass is 10.0. The second-order valence-corrected chi connectivity index (χ2v) is 9.06. The third-order valence-corrected chi connectivity index (χ3v) is 7.01. The SMILES string of the molecule is NC(=O)c1c(NC(=O)c2ccc([N+](=O)[O-])s2)sc2c1CCN(C(=O)Nc1ccccc1)C2. The van der Waals surface area contributed by atoms with Crippen molar-refractivity contribution in [1.29, 1.82) is 0 Å². The maximum Gasteiger partial charge on any atom is 0.324 e. The first-order valence-electron chi connectivity index (χ1n) is 9.44. The number of carbonyl (C=O) groups excluding carboxylic acids is 3. The van der Waals surface area contributed by atoms with Crippen LogP contribution in [-0.2, 0) is 13.0 Å². The number of nitrogens with one attached hydrogen (secondary N) is 2. The lowest BCUT2D eigenvalue weighted by Gasteiger charge is -2.27. The molecule has 1 aromatic carbocycles. The highest BCUT2D eigenvalue weighted by molar-refractivity contribution is 7.18. The molecule has 32 heavy (non-hydrogen) atoms. The zero-order valence-electron chi connectivity index (χ0n) is 16.5. The Hall–Kier alpha value is -3.77. The second-order valence-electron chi connectivity index (χ2n) is 6.89. The van der Waals surface area contributed by atoms with Gasteiger partial charge in [-0.05, 0) is 30.2 Å². The van der Waals surface area contributed by atoms with Crippen molar-refractivity contribution in [3.8, 4) is 0 Å². The summed E-state index contributed by atoms with van der Waals surface area (Å²) >= 11 is 1.91. The molecule has 4 N–H and O–H groups in total. The number of nitro groups is 1. The van der Waals surface area contributed by atoms with Crippen LogP contribution in [0.2, 0.25) is 0 Å². The van der Waals surface area contributed by atoms with E-state index in [0.29, 0.717) is 24.2 Å². The molecule has 1 aliphatic heterocycles. The van der Waals surface area contributed by atoms with Crippen molar-refractivity contribution in [2.45, 2.75) is 13.0 Å². The largest absolute Gasteiger partial charge is 0.365 e. The zero-order chi connectivity index (χ0) is 22.8. The lowest BCUT2D eigenvalue weighted by molar-refractivity contribution is -0.380. The normalized spacial score (nSPS) is 12.7. The van der Waals surface area contributed by atoms with Gasteiger partial charge >= 0.3 is 11.0 Å². The Balaban J connectivity index is 1.53. The number of para-hydroxylation sites is 1. The number of rotatable bonds is 5. The monoisotopic (exact) mass is 471 g/mol. The Kier molecular flexibility index (Phi) is 5.88. The number of hydrogen-bond donors (Lipinski definition) is 3. The highest BCUT2D eigenvalue weighted by atomic mass is 32.1. The third-order valence-electron chi connectivity index (χ3n) is 4.84. The number of nitrogens with two attached hydrogens (primary N) is 1. The van der Waals surface area contributed by atoms with Gasteiger partial charge in [-0.2, -0.15) is 0 Å². The molecule has 164 valence electrons. The quantitative estimate of drug-likeness (QED) is 0.384. The van der Waals surface area contributed by atoms with E-state index in [1.54, 1.807) is 17.0 Å². The number of hydrogen-bond acceptors (Lipinski definition) is 7. The number of thiophene rings is 2. The first-order valence-corrected chi connectivity index (χ1v) is 11.1. The molecule has 4 rings (SSSR count). The van der Waals surface area contributed by atoms with Crippen LogP contribution in [0.15, 0.2) is 42.5 Å². The van der Waals surface area contributed by atoms with Gasteiger partial charge in [0.2, 0.25) is 0 Å². The van der Waals surface area contributed by atoms with Crippen molar-refractivity contribution in [2.75, 3.05) is 17.2 Å². The molecule has 0 atom stereocenters. The van der Waals surface area contributed by atoms with E-state index in [1.165, 1.54) is 23.5 Å². The Bertz CT molecular complexity index is 1220. The van der Waals surface area contributed by atoms with Crippen LogP contribution in [0.25, 0.3) is 0 Å². The summed E-state index contributed by atoms with van der Waals surface area (Å²) < 4.78 is 0. The van der Waals surface area contributed by atoms with E-state index in [1.807, 2.05) is 18.2 Å². The van der Waals surface area contributed by atoms with Crippen LogP contribution in [0, 0.1) is 10.1 Å². The van der Waals surface area contributed by atoms with E-state index < -0.39 is 16.7 Å². The number of carbonyl (C=O) groups is 3. The number of fused-ring (bicyclic) bond motifs is 1. The first kappa shape index (κ1) is 21.5. The van der Waals surface area contributed by atoms with Crippen LogP contribution in [-0.4, -0.2) is 34.2 Å². The number of nitrogens with zero attached hydrogens (tertiary/aromatic N) is 2. The minimum atomic E-state index is -0.683. The van der Waals surface area contributed by atoms with Gasteiger partial charge in [0.1, 0.15) is 5.00 Å². The molecule has 0 spiro atoms. The topological polar surface area (TPSA) is 148 Å². The summed E-state index contributed by atoms with van der Waals surface area (Å²) in [6, 6.07) is 11.4. The average Bonchev–Trinajstić information content (AvgIpc) is 3.39. The summed E-state index contributed by atoms with van der Waals surface area (Å²) in [6.45, 7) is 0.645. The van der Waals surface area contributed by atoms with Gasteiger partial charge in [-0.3, -0.25) is 19.7 Å². The van der Waals surface area contributed by atoms with Gasteiger partial charge in [0, 0.05) is 23.2 Å². The molecule has 3 heterocycles. The van der Waals surface area contributed by atoms with Crippen LogP contribution in [0.4, 0.5) is 20.5 Å².